The summed E-state index contributed by atoms with van der Waals surface area (Å²) in [6, 6.07) is 2.08. The van der Waals surface area contributed by atoms with Gasteiger partial charge in [0.1, 0.15) is 34.1 Å². The molecular formula is C19H18F3N3O3S. The fourth-order valence-electron chi connectivity index (χ4n) is 3.56. The Balaban J connectivity index is 1.51. The summed E-state index contributed by atoms with van der Waals surface area (Å²) in [4.78, 5) is 30.8. The molecule has 2 amide bonds. The molecule has 10 heteroatoms. The molecule has 29 heavy (non-hydrogen) atoms. The fraction of sp³-hybridized carbons (Fsp3) is 0.421. The number of carbonyl (C=O) groups is 2. The highest BCUT2D eigenvalue weighted by atomic mass is 32.1. The van der Waals surface area contributed by atoms with E-state index in [1.807, 2.05) is 0 Å². The number of ether oxygens (including phenoxy) is 1. The van der Waals surface area contributed by atoms with Gasteiger partial charge in [-0.25, -0.2) is 18.2 Å². The van der Waals surface area contributed by atoms with E-state index in [1.54, 1.807) is 0 Å². The van der Waals surface area contributed by atoms with Gasteiger partial charge >= 0.3 is 0 Å². The molecule has 0 saturated carbocycles. The van der Waals surface area contributed by atoms with Gasteiger partial charge in [-0.15, -0.1) is 11.3 Å². The van der Waals surface area contributed by atoms with Crippen LogP contribution in [0.5, 0.6) is 0 Å². The Morgan fingerprint density at radius 3 is 2.69 bits per heavy atom. The van der Waals surface area contributed by atoms with Crippen molar-refractivity contribution in [1.82, 2.24) is 15.2 Å². The number of hydrogen-bond acceptors (Lipinski definition) is 5. The van der Waals surface area contributed by atoms with Crippen LogP contribution in [0.2, 0.25) is 0 Å². The van der Waals surface area contributed by atoms with Gasteiger partial charge in [-0.3, -0.25) is 9.59 Å². The van der Waals surface area contributed by atoms with Crippen molar-refractivity contribution in [3.63, 3.8) is 0 Å². The molecule has 3 atom stereocenters. The number of amides is 2. The van der Waals surface area contributed by atoms with Crippen LogP contribution in [0.4, 0.5) is 13.2 Å². The summed E-state index contributed by atoms with van der Waals surface area (Å²) in [5.74, 6) is -3.10. The monoisotopic (exact) mass is 425 g/mol. The number of nitrogens with zero attached hydrogens (tertiary/aromatic N) is 2. The number of aromatic nitrogens is 1. The number of hydrogen-bond donors (Lipinski definition) is 1. The van der Waals surface area contributed by atoms with E-state index in [1.165, 1.54) is 27.7 Å². The Bertz CT molecular complexity index is 918. The first-order valence-electron chi connectivity index (χ1n) is 9.18. The number of benzene rings is 1. The van der Waals surface area contributed by atoms with Crippen LogP contribution in [0, 0.1) is 11.6 Å². The summed E-state index contributed by atoms with van der Waals surface area (Å²) >= 11 is 1.18. The molecule has 2 saturated heterocycles. The maximum absolute atomic E-state index is 14.0. The Labute approximate surface area is 168 Å². The number of nitrogens with one attached hydrogen (secondary N) is 1. The molecule has 2 aliphatic heterocycles. The molecule has 1 aromatic heterocycles. The lowest BCUT2D eigenvalue weighted by Gasteiger charge is -2.23. The Kier molecular flexibility index (Phi) is 5.55. The van der Waals surface area contributed by atoms with Crippen LogP contribution < -0.4 is 5.32 Å². The highest BCUT2D eigenvalue weighted by molar-refractivity contribution is 7.09. The van der Waals surface area contributed by atoms with Crippen molar-refractivity contribution in [3.8, 4) is 0 Å². The van der Waals surface area contributed by atoms with Crippen molar-refractivity contribution in [3.05, 3.63) is 51.5 Å². The van der Waals surface area contributed by atoms with Crippen molar-refractivity contribution in [1.29, 1.82) is 0 Å². The third-order valence-electron chi connectivity index (χ3n) is 5.06. The van der Waals surface area contributed by atoms with Crippen LogP contribution >= 0.6 is 11.3 Å². The highest BCUT2D eigenvalue weighted by Gasteiger charge is 2.36. The molecule has 154 valence electrons. The van der Waals surface area contributed by atoms with E-state index in [-0.39, 0.29) is 18.9 Å². The van der Waals surface area contributed by atoms with Crippen LogP contribution in [-0.4, -0.2) is 53.7 Å². The lowest BCUT2D eigenvalue weighted by atomic mass is 10.1. The zero-order valence-corrected chi connectivity index (χ0v) is 16.1. The summed E-state index contributed by atoms with van der Waals surface area (Å²) in [5, 5.41) is 4.57. The number of rotatable bonds is 4. The number of likely N-dealkylation sites (tertiary alicyclic amines) is 1. The van der Waals surface area contributed by atoms with Gasteiger partial charge in [0.2, 0.25) is 0 Å². The Hall–Kier alpha value is -2.46. The average Bonchev–Trinajstić information content (AvgIpc) is 3.42. The van der Waals surface area contributed by atoms with Gasteiger partial charge in [0, 0.05) is 11.9 Å². The lowest BCUT2D eigenvalue weighted by molar-refractivity contribution is 0.0725. The van der Waals surface area contributed by atoms with Crippen LogP contribution in [0.25, 0.3) is 0 Å². The minimum Gasteiger partial charge on any atom is -0.376 e. The van der Waals surface area contributed by atoms with E-state index in [0.717, 1.165) is 12.1 Å². The van der Waals surface area contributed by atoms with Gasteiger partial charge in [0.05, 0.1) is 25.3 Å². The zero-order valence-electron chi connectivity index (χ0n) is 15.2. The maximum atomic E-state index is 14.0. The summed E-state index contributed by atoms with van der Waals surface area (Å²) < 4.78 is 46.6. The van der Waals surface area contributed by atoms with Crippen molar-refractivity contribution >= 4 is 23.2 Å². The fourth-order valence-corrected chi connectivity index (χ4v) is 4.51. The molecule has 2 fully saturated rings. The Morgan fingerprint density at radius 2 is 2.00 bits per heavy atom. The summed E-state index contributed by atoms with van der Waals surface area (Å²) in [5.41, 5.74) is -0.482. The summed E-state index contributed by atoms with van der Waals surface area (Å²) in [6.45, 7) is 0.378. The molecule has 1 aromatic carbocycles. The SMILES string of the molecule is O=C(NC1COCC1F)c1csc(C2CCCN2C(=O)c2c(F)cccc2F)n1. The van der Waals surface area contributed by atoms with E-state index in [4.69, 9.17) is 4.74 Å². The average molecular weight is 425 g/mol. The van der Waals surface area contributed by atoms with Gasteiger partial charge in [0.25, 0.3) is 11.8 Å². The van der Waals surface area contributed by atoms with Crippen LogP contribution in [0.15, 0.2) is 23.6 Å². The van der Waals surface area contributed by atoms with Gasteiger partial charge in [0.15, 0.2) is 0 Å². The molecule has 3 heterocycles. The molecule has 6 nitrogen and oxygen atoms in total. The van der Waals surface area contributed by atoms with Crippen LogP contribution in [0.3, 0.4) is 0 Å². The first kappa shape index (κ1) is 19.8. The molecule has 2 aromatic rings. The van der Waals surface area contributed by atoms with Gasteiger partial charge in [-0.05, 0) is 25.0 Å². The van der Waals surface area contributed by atoms with Crippen molar-refractivity contribution in [2.75, 3.05) is 19.8 Å². The summed E-state index contributed by atoms with van der Waals surface area (Å²) in [6.07, 6.45) is -0.0497. The van der Waals surface area contributed by atoms with Gasteiger partial charge < -0.3 is 15.0 Å². The topological polar surface area (TPSA) is 71.5 Å². The number of thiazole rings is 1. The highest BCUT2D eigenvalue weighted by Crippen LogP contribution is 2.35. The molecule has 3 unspecified atom stereocenters. The normalized spacial score (nSPS) is 24.1. The molecule has 0 radical (unpaired) electrons. The predicted octanol–water partition coefficient (Wildman–Crippen LogP) is 2.87. The van der Waals surface area contributed by atoms with E-state index < -0.39 is 47.3 Å². The largest absolute Gasteiger partial charge is 0.376 e. The van der Waals surface area contributed by atoms with Crippen molar-refractivity contribution in [2.45, 2.75) is 31.1 Å². The quantitative estimate of drug-likeness (QED) is 0.818. The van der Waals surface area contributed by atoms with Crippen molar-refractivity contribution < 1.29 is 27.5 Å². The summed E-state index contributed by atoms with van der Waals surface area (Å²) in [7, 11) is 0. The smallest absolute Gasteiger partial charge is 0.271 e. The first-order chi connectivity index (χ1) is 14.0. The number of carbonyl (C=O) groups excluding carboxylic acids is 2. The molecule has 1 N–H and O–H groups in total. The van der Waals surface area contributed by atoms with Crippen molar-refractivity contribution in [2.24, 2.45) is 0 Å². The van der Waals surface area contributed by atoms with E-state index in [0.29, 0.717) is 24.4 Å². The lowest BCUT2D eigenvalue weighted by Crippen LogP contribution is -2.41. The second-order valence-corrected chi connectivity index (χ2v) is 7.85. The van der Waals surface area contributed by atoms with E-state index in [9.17, 15) is 22.8 Å². The van der Waals surface area contributed by atoms with Crippen LogP contribution in [0.1, 0.15) is 44.7 Å². The molecular weight excluding hydrogens is 407 g/mol. The molecule has 0 aliphatic carbocycles. The Morgan fingerprint density at radius 1 is 1.24 bits per heavy atom. The standard InChI is InChI=1S/C19H18F3N3O3S/c20-10-3-1-4-11(21)16(10)19(27)25-6-2-5-15(25)18-24-14(9-29-18)17(26)23-13-8-28-7-12(13)22/h1,3-4,9,12-13,15H,2,5-8H2,(H,23,26). The maximum Gasteiger partial charge on any atom is 0.271 e. The molecule has 4 rings (SSSR count). The third kappa shape index (κ3) is 3.86. The third-order valence-corrected chi connectivity index (χ3v) is 6.00. The van der Waals surface area contributed by atoms with Gasteiger partial charge in [-0.1, -0.05) is 6.07 Å². The van der Waals surface area contributed by atoms with Gasteiger partial charge in [-0.2, -0.15) is 0 Å². The number of halogens is 3. The molecule has 2 aliphatic rings. The first-order valence-corrected chi connectivity index (χ1v) is 10.1. The predicted molar refractivity (Wildman–Crippen MR) is 98.5 cm³/mol. The van der Waals surface area contributed by atoms with E-state index in [2.05, 4.69) is 10.3 Å². The number of alkyl halides is 1. The molecule has 0 bridgehead atoms. The minimum absolute atomic E-state index is 0.0565. The minimum atomic E-state index is -1.27. The second-order valence-electron chi connectivity index (χ2n) is 6.96. The van der Waals surface area contributed by atoms with E-state index >= 15 is 0 Å². The second kappa shape index (κ2) is 8.11. The zero-order chi connectivity index (χ0) is 20.5. The van der Waals surface area contributed by atoms with Crippen LogP contribution in [-0.2, 0) is 4.74 Å². The molecule has 0 spiro atoms.